The molecule has 1 atom stereocenters. The molecule has 0 amide bonds. The third kappa shape index (κ3) is 3.69. The smallest absolute Gasteiger partial charge is 0.142 e. The highest BCUT2D eigenvalue weighted by Gasteiger charge is 2.20. The van der Waals surface area contributed by atoms with Gasteiger partial charge in [0.05, 0.1) is 5.69 Å². The van der Waals surface area contributed by atoms with Crippen molar-refractivity contribution in [3.63, 3.8) is 0 Å². The molecule has 4 nitrogen and oxygen atoms in total. The number of para-hydroxylation sites is 2. The number of benzene rings is 1. The van der Waals surface area contributed by atoms with Crippen molar-refractivity contribution in [3.8, 4) is 5.75 Å². The molecule has 3 rings (SSSR count). The van der Waals surface area contributed by atoms with E-state index < -0.39 is 0 Å². The van der Waals surface area contributed by atoms with Crippen LogP contribution < -0.4 is 15.0 Å². The van der Waals surface area contributed by atoms with Gasteiger partial charge in [0, 0.05) is 32.2 Å². The van der Waals surface area contributed by atoms with Crippen LogP contribution in [-0.4, -0.2) is 57.3 Å². The van der Waals surface area contributed by atoms with Crippen molar-refractivity contribution in [2.24, 2.45) is 0 Å². The minimum absolute atomic E-state index is 0.565. The summed E-state index contributed by atoms with van der Waals surface area (Å²) in [6.07, 6.45) is 3.91. The van der Waals surface area contributed by atoms with Gasteiger partial charge in [-0.1, -0.05) is 18.6 Å². The number of piperazine rings is 1. The molecule has 1 aromatic rings. The van der Waals surface area contributed by atoms with Crippen molar-refractivity contribution in [3.05, 3.63) is 24.3 Å². The molecular weight excluding hydrogens is 262 g/mol. The van der Waals surface area contributed by atoms with E-state index in [1.807, 2.05) is 0 Å². The molecule has 1 N–H and O–H groups in total. The van der Waals surface area contributed by atoms with Gasteiger partial charge in [-0.05, 0) is 38.6 Å². The Labute approximate surface area is 128 Å². The third-order valence-electron chi connectivity index (χ3n) is 4.68. The molecule has 21 heavy (non-hydrogen) atoms. The van der Waals surface area contributed by atoms with Crippen LogP contribution in [0.1, 0.15) is 19.3 Å². The molecule has 116 valence electrons. The summed E-state index contributed by atoms with van der Waals surface area (Å²) in [5.74, 6) is 1.04. The Hall–Kier alpha value is -1.26. The Morgan fingerprint density at radius 1 is 1.14 bits per heavy atom. The lowest BCUT2D eigenvalue weighted by Gasteiger charge is -2.34. The largest absolute Gasteiger partial charge is 0.490 e. The third-order valence-corrected chi connectivity index (χ3v) is 4.68. The number of hydrogen-bond acceptors (Lipinski definition) is 4. The number of nitrogens with zero attached hydrogens (tertiary/aromatic N) is 2. The minimum atomic E-state index is 0.565. The van der Waals surface area contributed by atoms with E-state index in [4.69, 9.17) is 4.74 Å². The predicted octanol–water partition coefficient (Wildman–Crippen LogP) is 1.96. The molecule has 0 radical (unpaired) electrons. The first-order valence-corrected chi connectivity index (χ1v) is 8.22. The second-order valence-electron chi connectivity index (χ2n) is 6.15. The first kappa shape index (κ1) is 14.7. The fourth-order valence-electron chi connectivity index (χ4n) is 3.29. The van der Waals surface area contributed by atoms with E-state index in [2.05, 4.69) is 46.4 Å². The van der Waals surface area contributed by atoms with Crippen molar-refractivity contribution in [2.45, 2.75) is 25.3 Å². The summed E-state index contributed by atoms with van der Waals surface area (Å²) in [7, 11) is 2.22. The van der Waals surface area contributed by atoms with Crippen molar-refractivity contribution in [2.75, 3.05) is 51.3 Å². The maximum absolute atomic E-state index is 6.20. The number of hydrogen-bond donors (Lipinski definition) is 1. The number of likely N-dealkylation sites (N-methyl/N-ethyl adjacent to an activating group) is 1. The lowest BCUT2D eigenvalue weighted by Crippen LogP contribution is -2.44. The number of piperidine rings is 1. The van der Waals surface area contributed by atoms with Gasteiger partial charge in [-0.2, -0.15) is 0 Å². The fourth-order valence-corrected chi connectivity index (χ4v) is 3.29. The van der Waals surface area contributed by atoms with Gasteiger partial charge in [0.1, 0.15) is 12.4 Å². The average molecular weight is 289 g/mol. The molecule has 0 aromatic heterocycles. The van der Waals surface area contributed by atoms with Gasteiger partial charge < -0.3 is 19.9 Å². The molecule has 2 fully saturated rings. The summed E-state index contributed by atoms with van der Waals surface area (Å²) in [5, 5.41) is 3.40. The molecule has 0 bridgehead atoms. The number of anilines is 1. The highest BCUT2D eigenvalue weighted by atomic mass is 16.5. The lowest BCUT2D eigenvalue weighted by atomic mass is 10.0. The Morgan fingerprint density at radius 3 is 2.76 bits per heavy atom. The topological polar surface area (TPSA) is 27.7 Å². The first-order chi connectivity index (χ1) is 10.3. The second-order valence-corrected chi connectivity index (χ2v) is 6.15. The van der Waals surface area contributed by atoms with Gasteiger partial charge in [0.2, 0.25) is 0 Å². The van der Waals surface area contributed by atoms with Gasteiger partial charge in [-0.25, -0.2) is 0 Å². The highest BCUT2D eigenvalue weighted by Crippen LogP contribution is 2.29. The molecule has 2 saturated heterocycles. The van der Waals surface area contributed by atoms with E-state index in [0.717, 1.165) is 38.5 Å². The Kier molecular flexibility index (Phi) is 4.99. The fraction of sp³-hybridized carbons (Fsp3) is 0.647. The van der Waals surface area contributed by atoms with Crippen LogP contribution in [-0.2, 0) is 0 Å². The second kappa shape index (κ2) is 7.14. The zero-order valence-electron chi connectivity index (χ0n) is 13.1. The molecule has 2 aliphatic rings. The molecular formula is C17H27N3O. The van der Waals surface area contributed by atoms with Crippen LogP contribution in [0.2, 0.25) is 0 Å². The molecule has 4 heteroatoms. The predicted molar refractivity (Wildman–Crippen MR) is 87.3 cm³/mol. The van der Waals surface area contributed by atoms with Crippen LogP contribution in [0.25, 0.3) is 0 Å². The molecule has 0 aliphatic carbocycles. The van der Waals surface area contributed by atoms with E-state index in [1.165, 1.54) is 31.5 Å². The summed E-state index contributed by atoms with van der Waals surface area (Å²) >= 11 is 0. The van der Waals surface area contributed by atoms with Gasteiger partial charge in [-0.15, -0.1) is 0 Å². The zero-order valence-corrected chi connectivity index (χ0v) is 13.1. The van der Waals surface area contributed by atoms with Crippen molar-refractivity contribution >= 4 is 5.69 Å². The number of rotatable bonds is 4. The Bertz CT molecular complexity index is 445. The molecule has 0 spiro atoms. The van der Waals surface area contributed by atoms with Crippen molar-refractivity contribution in [1.29, 1.82) is 0 Å². The van der Waals surface area contributed by atoms with Gasteiger partial charge in [-0.3, -0.25) is 0 Å². The van der Waals surface area contributed by atoms with Gasteiger partial charge in [0.15, 0.2) is 0 Å². The van der Waals surface area contributed by atoms with Crippen LogP contribution in [0.5, 0.6) is 5.75 Å². The van der Waals surface area contributed by atoms with Crippen molar-refractivity contribution < 1.29 is 4.74 Å². The maximum Gasteiger partial charge on any atom is 0.142 e. The first-order valence-electron chi connectivity index (χ1n) is 8.22. The Balaban J connectivity index is 1.64. The highest BCUT2D eigenvalue weighted by molar-refractivity contribution is 5.58. The van der Waals surface area contributed by atoms with E-state index in [0.29, 0.717) is 6.04 Å². The number of nitrogens with one attached hydrogen (secondary N) is 1. The summed E-state index contributed by atoms with van der Waals surface area (Å²) in [5.41, 5.74) is 1.25. The summed E-state index contributed by atoms with van der Waals surface area (Å²) in [6.45, 7) is 6.24. The summed E-state index contributed by atoms with van der Waals surface area (Å²) < 4.78 is 6.20. The SMILES string of the molecule is CN1CCCCC1COc1ccccc1N1CCNCC1. The zero-order chi connectivity index (χ0) is 14.5. The van der Waals surface area contributed by atoms with Crippen LogP contribution in [0, 0.1) is 0 Å². The van der Waals surface area contributed by atoms with Crippen LogP contribution >= 0.6 is 0 Å². The molecule has 1 aromatic carbocycles. The van der Waals surface area contributed by atoms with Gasteiger partial charge in [0.25, 0.3) is 0 Å². The maximum atomic E-state index is 6.20. The lowest BCUT2D eigenvalue weighted by molar-refractivity contribution is 0.125. The van der Waals surface area contributed by atoms with Crippen LogP contribution in [0.4, 0.5) is 5.69 Å². The van der Waals surface area contributed by atoms with E-state index in [-0.39, 0.29) is 0 Å². The van der Waals surface area contributed by atoms with Gasteiger partial charge >= 0.3 is 0 Å². The summed E-state index contributed by atoms with van der Waals surface area (Å²) in [4.78, 5) is 4.87. The quantitative estimate of drug-likeness (QED) is 0.917. The molecule has 2 aliphatic heterocycles. The van der Waals surface area contributed by atoms with Crippen molar-refractivity contribution in [1.82, 2.24) is 10.2 Å². The van der Waals surface area contributed by atoms with Crippen LogP contribution in [0.15, 0.2) is 24.3 Å². The minimum Gasteiger partial charge on any atom is -0.490 e. The monoisotopic (exact) mass is 289 g/mol. The number of likely N-dealkylation sites (tertiary alicyclic amines) is 1. The van der Waals surface area contributed by atoms with E-state index in [1.54, 1.807) is 0 Å². The molecule has 0 saturated carbocycles. The molecule has 2 heterocycles. The summed E-state index contributed by atoms with van der Waals surface area (Å²) in [6, 6.07) is 9.04. The number of ether oxygens (including phenoxy) is 1. The van der Waals surface area contributed by atoms with E-state index in [9.17, 15) is 0 Å². The average Bonchev–Trinajstić information content (AvgIpc) is 2.55. The van der Waals surface area contributed by atoms with Crippen LogP contribution in [0.3, 0.4) is 0 Å². The normalized spacial score (nSPS) is 24.0. The standard InChI is InChI=1S/C17H27N3O/c1-19-11-5-4-6-15(19)14-21-17-8-3-2-7-16(17)20-12-9-18-10-13-20/h2-3,7-8,15,18H,4-6,9-14H2,1H3. The molecule has 1 unspecified atom stereocenters. The van der Waals surface area contributed by atoms with E-state index >= 15 is 0 Å². The Morgan fingerprint density at radius 2 is 1.95 bits per heavy atom.